The van der Waals surface area contributed by atoms with Crippen molar-refractivity contribution in [1.82, 2.24) is 15.3 Å². The predicted octanol–water partition coefficient (Wildman–Crippen LogP) is -0.677. The second kappa shape index (κ2) is 10.5. The van der Waals surface area contributed by atoms with E-state index < -0.39 is 24.4 Å². The summed E-state index contributed by atoms with van der Waals surface area (Å²) in [6.45, 7) is 0.427. The SMILES string of the molecule is OC(CC(O)C(O)c1cnc(CCCC(O)(O)O)cn1)NCc1ccccc1. The number of aliphatic hydroxyl groups is 6. The molecule has 1 aromatic carbocycles. The Kier molecular flexibility index (Phi) is 8.39. The van der Waals surface area contributed by atoms with E-state index in [4.69, 9.17) is 15.3 Å². The average molecular weight is 393 g/mol. The van der Waals surface area contributed by atoms with Crippen LogP contribution in [0.1, 0.15) is 42.3 Å². The molecule has 0 saturated carbocycles. The Bertz CT molecular complexity index is 693. The Balaban J connectivity index is 1.79. The first kappa shape index (κ1) is 22.3. The molecule has 0 radical (unpaired) electrons. The molecule has 2 rings (SSSR count). The molecule has 0 fully saturated rings. The number of rotatable bonds is 11. The van der Waals surface area contributed by atoms with Crippen LogP contribution in [0.3, 0.4) is 0 Å². The van der Waals surface area contributed by atoms with E-state index in [1.807, 2.05) is 30.3 Å². The van der Waals surface area contributed by atoms with Crippen molar-refractivity contribution >= 4 is 0 Å². The van der Waals surface area contributed by atoms with Crippen molar-refractivity contribution < 1.29 is 30.6 Å². The summed E-state index contributed by atoms with van der Waals surface area (Å²) >= 11 is 0. The van der Waals surface area contributed by atoms with Crippen LogP contribution in [-0.2, 0) is 13.0 Å². The molecule has 1 heterocycles. The second-order valence-corrected chi connectivity index (χ2v) is 6.69. The topological polar surface area (TPSA) is 159 Å². The van der Waals surface area contributed by atoms with Crippen LogP contribution >= 0.6 is 0 Å². The lowest BCUT2D eigenvalue weighted by Gasteiger charge is -2.21. The summed E-state index contributed by atoms with van der Waals surface area (Å²) in [5, 5.41) is 59.7. The first-order valence-corrected chi connectivity index (χ1v) is 9.04. The van der Waals surface area contributed by atoms with Gasteiger partial charge in [-0.3, -0.25) is 15.3 Å². The molecule has 9 heteroatoms. The average Bonchev–Trinajstić information content (AvgIpc) is 2.66. The highest BCUT2D eigenvalue weighted by Crippen LogP contribution is 2.18. The summed E-state index contributed by atoms with van der Waals surface area (Å²) in [4.78, 5) is 8.15. The number of hydrogen-bond acceptors (Lipinski definition) is 9. The monoisotopic (exact) mass is 393 g/mol. The Morgan fingerprint density at radius 2 is 1.68 bits per heavy atom. The number of nitrogens with zero attached hydrogens (tertiary/aromatic N) is 2. The zero-order valence-electron chi connectivity index (χ0n) is 15.4. The van der Waals surface area contributed by atoms with Crippen molar-refractivity contribution in [3.63, 3.8) is 0 Å². The van der Waals surface area contributed by atoms with Gasteiger partial charge in [0, 0.05) is 25.6 Å². The van der Waals surface area contributed by atoms with E-state index in [1.54, 1.807) is 0 Å². The molecular weight excluding hydrogens is 366 g/mol. The van der Waals surface area contributed by atoms with E-state index in [-0.39, 0.29) is 25.0 Å². The van der Waals surface area contributed by atoms with Crippen molar-refractivity contribution in [1.29, 1.82) is 0 Å². The maximum atomic E-state index is 10.2. The summed E-state index contributed by atoms with van der Waals surface area (Å²) in [5.41, 5.74) is 1.69. The van der Waals surface area contributed by atoms with Crippen molar-refractivity contribution in [2.75, 3.05) is 0 Å². The highest BCUT2D eigenvalue weighted by atomic mass is 16.7. The van der Waals surface area contributed by atoms with E-state index in [2.05, 4.69) is 15.3 Å². The van der Waals surface area contributed by atoms with Gasteiger partial charge in [0.1, 0.15) is 12.3 Å². The lowest BCUT2D eigenvalue weighted by Crippen LogP contribution is -2.34. The minimum absolute atomic E-state index is 0.0942. The van der Waals surface area contributed by atoms with E-state index in [0.29, 0.717) is 18.7 Å². The van der Waals surface area contributed by atoms with Gasteiger partial charge in [-0.15, -0.1) is 0 Å². The first-order valence-electron chi connectivity index (χ1n) is 9.04. The van der Waals surface area contributed by atoms with E-state index >= 15 is 0 Å². The molecule has 154 valence electrons. The molecule has 0 aliphatic heterocycles. The molecule has 1 aromatic heterocycles. The molecule has 0 aliphatic rings. The summed E-state index contributed by atoms with van der Waals surface area (Å²) in [6.07, 6.45) is -0.520. The highest BCUT2D eigenvalue weighted by molar-refractivity contribution is 5.14. The molecule has 0 amide bonds. The highest BCUT2D eigenvalue weighted by Gasteiger charge is 2.23. The van der Waals surface area contributed by atoms with Crippen LogP contribution in [0.25, 0.3) is 0 Å². The number of hydrogen-bond donors (Lipinski definition) is 7. The van der Waals surface area contributed by atoms with Gasteiger partial charge in [0.15, 0.2) is 0 Å². The van der Waals surface area contributed by atoms with Gasteiger partial charge in [0.05, 0.1) is 23.7 Å². The van der Waals surface area contributed by atoms with Crippen LogP contribution in [-0.4, -0.2) is 58.9 Å². The zero-order chi connectivity index (χ0) is 20.6. The standard InChI is InChI=1S/C19H27N3O6/c23-16(9-17(24)22-10-13-5-2-1-3-6-13)18(25)15-12-20-14(11-21-15)7-4-8-19(26,27)28/h1-3,5-6,11-12,16-18,22-28H,4,7-10H2. The van der Waals surface area contributed by atoms with Crippen LogP contribution in [0.2, 0.25) is 0 Å². The van der Waals surface area contributed by atoms with E-state index in [9.17, 15) is 15.3 Å². The molecule has 3 atom stereocenters. The Morgan fingerprint density at radius 1 is 0.964 bits per heavy atom. The molecule has 0 bridgehead atoms. The molecule has 0 aliphatic carbocycles. The van der Waals surface area contributed by atoms with Crippen molar-refractivity contribution in [2.24, 2.45) is 0 Å². The minimum atomic E-state index is -2.71. The van der Waals surface area contributed by atoms with Crippen LogP contribution in [0, 0.1) is 0 Å². The molecular formula is C19H27N3O6. The number of nitrogens with one attached hydrogen (secondary N) is 1. The van der Waals surface area contributed by atoms with Crippen molar-refractivity contribution in [2.45, 2.75) is 56.6 Å². The van der Waals surface area contributed by atoms with E-state index in [1.165, 1.54) is 12.4 Å². The third-order valence-corrected chi connectivity index (χ3v) is 4.19. The summed E-state index contributed by atoms with van der Waals surface area (Å²) < 4.78 is 0. The molecule has 3 unspecified atom stereocenters. The van der Waals surface area contributed by atoms with Gasteiger partial charge in [-0.2, -0.15) is 0 Å². The molecule has 0 spiro atoms. The number of benzene rings is 1. The third kappa shape index (κ3) is 7.95. The molecule has 2 aromatic rings. The predicted molar refractivity (Wildman–Crippen MR) is 99.2 cm³/mol. The van der Waals surface area contributed by atoms with Gasteiger partial charge in [-0.05, 0) is 18.4 Å². The van der Waals surface area contributed by atoms with Crippen molar-refractivity contribution in [3.8, 4) is 0 Å². The summed E-state index contributed by atoms with van der Waals surface area (Å²) in [5.74, 6) is -2.71. The molecule has 28 heavy (non-hydrogen) atoms. The van der Waals surface area contributed by atoms with Gasteiger partial charge in [-0.25, -0.2) is 0 Å². The Morgan fingerprint density at radius 3 is 2.29 bits per heavy atom. The molecule has 7 N–H and O–H groups in total. The van der Waals surface area contributed by atoms with Gasteiger partial charge >= 0.3 is 0 Å². The molecule has 0 saturated heterocycles. The maximum Gasteiger partial charge on any atom is 0.275 e. The fraction of sp³-hybridized carbons (Fsp3) is 0.474. The number of aryl methyl sites for hydroxylation is 1. The minimum Gasteiger partial charge on any atom is -0.390 e. The van der Waals surface area contributed by atoms with Crippen LogP contribution < -0.4 is 5.32 Å². The Hall–Kier alpha value is -1.98. The zero-order valence-corrected chi connectivity index (χ0v) is 15.4. The van der Waals surface area contributed by atoms with Crippen LogP contribution in [0.4, 0.5) is 0 Å². The lowest BCUT2D eigenvalue weighted by atomic mass is 10.1. The van der Waals surface area contributed by atoms with Gasteiger partial charge in [-0.1, -0.05) is 30.3 Å². The van der Waals surface area contributed by atoms with E-state index in [0.717, 1.165) is 5.56 Å². The smallest absolute Gasteiger partial charge is 0.275 e. The Labute approximate surface area is 163 Å². The number of aliphatic hydroxyl groups excluding tert-OH is 3. The van der Waals surface area contributed by atoms with Crippen molar-refractivity contribution in [3.05, 3.63) is 59.7 Å². The van der Waals surface area contributed by atoms with Gasteiger partial charge in [0.2, 0.25) is 0 Å². The first-order chi connectivity index (χ1) is 13.2. The maximum absolute atomic E-state index is 10.2. The summed E-state index contributed by atoms with van der Waals surface area (Å²) in [6, 6.07) is 9.48. The third-order valence-electron chi connectivity index (χ3n) is 4.19. The van der Waals surface area contributed by atoms with Crippen LogP contribution in [0.15, 0.2) is 42.7 Å². The lowest BCUT2D eigenvalue weighted by molar-refractivity contribution is -0.314. The fourth-order valence-corrected chi connectivity index (χ4v) is 2.62. The number of aromatic nitrogens is 2. The normalized spacial score (nSPS) is 15.2. The fourth-order valence-electron chi connectivity index (χ4n) is 2.62. The second-order valence-electron chi connectivity index (χ2n) is 6.69. The van der Waals surface area contributed by atoms with Crippen LogP contribution in [0.5, 0.6) is 0 Å². The quantitative estimate of drug-likeness (QED) is 0.246. The molecule has 9 nitrogen and oxygen atoms in total. The van der Waals surface area contributed by atoms with Gasteiger partial charge in [0.25, 0.3) is 5.97 Å². The van der Waals surface area contributed by atoms with Gasteiger partial charge < -0.3 is 30.6 Å². The summed E-state index contributed by atoms with van der Waals surface area (Å²) in [7, 11) is 0. The largest absolute Gasteiger partial charge is 0.390 e.